The van der Waals surface area contributed by atoms with Gasteiger partial charge in [-0.25, -0.2) is 4.98 Å². The van der Waals surface area contributed by atoms with Crippen molar-refractivity contribution in [3.05, 3.63) is 64.4 Å². The van der Waals surface area contributed by atoms with Crippen LogP contribution in [0, 0.1) is 11.3 Å². The van der Waals surface area contributed by atoms with Gasteiger partial charge in [-0.15, -0.1) is 0 Å². The number of para-hydroxylation sites is 1. The maximum absolute atomic E-state index is 13.1. The third-order valence-corrected chi connectivity index (χ3v) is 6.05. The minimum atomic E-state index is -0.180. The summed E-state index contributed by atoms with van der Waals surface area (Å²) in [6.07, 6.45) is 4.14. The number of hydrogen-bond acceptors (Lipinski definition) is 5. The summed E-state index contributed by atoms with van der Waals surface area (Å²) in [6, 6.07) is 16.3. The summed E-state index contributed by atoms with van der Waals surface area (Å²) < 4.78 is 1.79. The molecule has 0 atom stereocenters. The topological polar surface area (TPSA) is 87.8 Å². The van der Waals surface area contributed by atoms with Crippen LogP contribution >= 0.6 is 11.8 Å². The molecule has 1 N–H and O–H groups in total. The lowest BCUT2D eigenvalue weighted by atomic mass is 10.2. The first kappa shape index (κ1) is 19.2. The van der Waals surface area contributed by atoms with E-state index in [4.69, 9.17) is 10.2 Å². The Kier molecular flexibility index (Phi) is 5.63. The zero-order valence-corrected chi connectivity index (χ0v) is 16.6. The molecular weight excluding hydrogens is 384 g/mol. The molecule has 1 fully saturated rings. The number of rotatable bonds is 5. The van der Waals surface area contributed by atoms with Crippen LogP contribution in [0.1, 0.15) is 37.3 Å². The fraction of sp³-hybridized carbons (Fsp3) is 0.273. The van der Waals surface area contributed by atoms with Gasteiger partial charge in [-0.3, -0.25) is 14.2 Å². The van der Waals surface area contributed by atoms with E-state index >= 15 is 0 Å². The number of nitrogens with zero attached hydrogens (tertiary/aromatic N) is 3. The van der Waals surface area contributed by atoms with Crippen LogP contribution in [-0.4, -0.2) is 21.2 Å². The Balaban J connectivity index is 1.56. The molecule has 0 radical (unpaired) electrons. The highest BCUT2D eigenvalue weighted by molar-refractivity contribution is 7.99. The van der Waals surface area contributed by atoms with Crippen molar-refractivity contribution in [2.45, 2.75) is 36.9 Å². The van der Waals surface area contributed by atoms with E-state index in [1.807, 2.05) is 30.3 Å². The smallest absolute Gasteiger partial charge is 0.262 e. The van der Waals surface area contributed by atoms with Crippen LogP contribution < -0.4 is 10.9 Å². The van der Waals surface area contributed by atoms with Gasteiger partial charge in [-0.2, -0.15) is 5.26 Å². The summed E-state index contributed by atoms with van der Waals surface area (Å²) in [5.41, 5.74) is 1.80. The lowest BCUT2D eigenvalue weighted by Gasteiger charge is -2.18. The minimum absolute atomic E-state index is 0.0301. The number of anilines is 1. The van der Waals surface area contributed by atoms with Gasteiger partial charge in [0.1, 0.15) is 0 Å². The van der Waals surface area contributed by atoms with Gasteiger partial charge in [-0.1, -0.05) is 36.7 Å². The fourth-order valence-corrected chi connectivity index (χ4v) is 4.53. The molecule has 1 heterocycles. The Hall–Kier alpha value is -3.11. The second-order valence-corrected chi connectivity index (χ2v) is 7.99. The Labute approximate surface area is 172 Å². The van der Waals surface area contributed by atoms with Crippen molar-refractivity contribution in [3.63, 3.8) is 0 Å². The summed E-state index contributed by atoms with van der Waals surface area (Å²) in [7, 11) is 0. The molecule has 7 heteroatoms. The summed E-state index contributed by atoms with van der Waals surface area (Å²) in [5.74, 6) is -0.0302. The van der Waals surface area contributed by atoms with Gasteiger partial charge in [-0.05, 0) is 49.2 Å². The van der Waals surface area contributed by atoms with E-state index in [9.17, 15) is 9.59 Å². The van der Waals surface area contributed by atoms with Gasteiger partial charge < -0.3 is 5.32 Å². The molecule has 1 aromatic heterocycles. The minimum Gasteiger partial charge on any atom is -0.325 e. The van der Waals surface area contributed by atoms with Crippen molar-refractivity contribution in [2.75, 3.05) is 11.1 Å². The van der Waals surface area contributed by atoms with Crippen LogP contribution in [0.5, 0.6) is 0 Å². The van der Waals surface area contributed by atoms with Crippen molar-refractivity contribution < 1.29 is 4.79 Å². The maximum Gasteiger partial charge on any atom is 0.262 e. The monoisotopic (exact) mass is 404 g/mol. The molecule has 3 aromatic rings. The van der Waals surface area contributed by atoms with Gasteiger partial charge >= 0.3 is 0 Å². The molecule has 6 nitrogen and oxygen atoms in total. The Morgan fingerprint density at radius 3 is 2.62 bits per heavy atom. The highest BCUT2D eigenvalue weighted by atomic mass is 32.2. The van der Waals surface area contributed by atoms with Gasteiger partial charge in [0, 0.05) is 11.7 Å². The standard InChI is InChI=1S/C22H20N4O2S/c23-13-15-9-11-16(12-10-15)24-20(27)14-29-22-25-19-8-4-3-7-18(19)21(28)26(22)17-5-1-2-6-17/h3-4,7-12,17H,1-2,5-6,14H2,(H,24,27). The SMILES string of the molecule is N#Cc1ccc(NC(=O)CSc2nc3ccccc3c(=O)n2C2CCCC2)cc1. The van der Waals surface area contributed by atoms with Crippen molar-refractivity contribution in [2.24, 2.45) is 0 Å². The molecule has 1 saturated carbocycles. The summed E-state index contributed by atoms with van der Waals surface area (Å²) >= 11 is 1.29. The third kappa shape index (κ3) is 4.17. The Bertz CT molecular complexity index is 1140. The van der Waals surface area contributed by atoms with Crippen molar-refractivity contribution >= 4 is 34.3 Å². The van der Waals surface area contributed by atoms with Crippen LogP contribution in [0.2, 0.25) is 0 Å². The number of hydrogen-bond donors (Lipinski definition) is 1. The number of nitrogens with one attached hydrogen (secondary N) is 1. The molecule has 2 aromatic carbocycles. The molecule has 0 spiro atoms. The molecular formula is C22H20N4O2S. The molecule has 0 unspecified atom stereocenters. The van der Waals surface area contributed by atoms with E-state index in [-0.39, 0.29) is 23.3 Å². The number of carbonyl (C=O) groups excluding carboxylic acids is 1. The zero-order valence-electron chi connectivity index (χ0n) is 15.8. The lowest BCUT2D eigenvalue weighted by Crippen LogP contribution is -2.27. The van der Waals surface area contributed by atoms with E-state index in [1.54, 1.807) is 28.8 Å². The number of carbonyl (C=O) groups is 1. The van der Waals surface area contributed by atoms with Crippen LogP contribution in [0.15, 0.2) is 58.5 Å². The average Bonchev–Trinajstić information content (AvgIpc) is 3.27. The fourth-order valence-electron chi connectivity index (χ4n) is 3.67. The van der Waals surface area contributed by atoms with E-state index < -0.39 is 0 Å². The van der Waals surface area contributed by atoms with Gasteiger partial charge in [0.25, 0.3) is 5.56 Å². The van der Waals surface area contributed by atoms with Crippen molar-refractivity contribution in [3.8, 4) is 6.07 Å². The van der Waals surface area contributed by atoms with Crippen molar-refractivity contribution in [1.29, 1.82) is 5.26 Å². The summed E-state index contributed by atoms with van der Waals surface area (Å²) in [4.78, 5) is 30.2. The third-order valence-electron chi connectivity index (χ3n) is 5.10. The predicted molar refractivity (Wildman–Crippen MR) is 114 cm³/mol. The molecule has 1 amide bonds. The van der Waals surface area contributed by atoms with Crippen LogP contribution in [0.4, 0.5) is 5.69 Å². The largest absolute Gasteiger partial charge is 0.325 e. The molecule has 146 valence electrons. The first-order valence-corrected chi connectivity index (χ1v) is 10.6. The molecule has 4 rings (SSSR count). The lowest BCUT2D eigenvalue weighted by molar-refractivity contribution is -0.113. The highest BCUT2D eigenvalue weighted by Gasteiger charge is 2.23. The van der Waals surface area contributed by atoms with E-state index in [0.717, 1.165) is 25.7 Å². The summed E-state index contributed by atoms with van der Waals surface area (Å²) in [5, 5.41) is 12.9. The molecule has 29 heavy (non-hydrogen) atoms. The van der Waals surface area contributed by atoms with E-state index in [0.29, 0.717) is 27.3 Å². The first-order valence-electron chi connectivity index (χ1n) is 9.60. The molecule has 0 bridgehead atoms. The number of thioether (sulfide) groups is 1. The van der Waals surface area contributed by atoms with Crippen LogP contribution in [-0.2, 0) is 4.79 Å². The second kappa shape index (κ2) is 8.50. The molecule has 0 saturated heterocycles. The number of nitriles is 1. The first-order chi connectivity index (χ1) is 14.2. The Morgan fingerprint density at radius 2 is 1.90 bits per heavy atom. The van der Waals surface area contributed by atoms with Gasteiger partial charge in [0.2, 0.25) is 5.91 Å². The number of benzene rings is 2. The normalized spacial score (nSPS) is 14.0. The average molecular weight is 404 g/mol. The van der Waals surface area contributed by atoms with Crippen LogP contribution in [0.25, 0.3) is 10.9 Å². The number of aromatic nitrogens is 2. The quantitative estimate of drug-likeness (QED) is 0.511. The Morgan fingerprint density at radius 1 is 1.17 bits per heavy atom. The van der Waals surface area contributed by atoms with Gasteiger partial charge in [0.05, 0.1) is 28.3 Å². The molecule has 1 aliphatic carbocycles. The second-order valence-electron chi connectivity index (χ2n) is 7.05. The van der Waals surface area contributed by atoms with E-state index in [1.165, 1.54) is 11.8 Å². The zero-order chi connectivity index (χ0) is 20.2. The van der Waals surface area contributed by atoms with Crippen LogP contribution in [0.3, 0.4) is 0 Å². The summed E-state index contributed by atoms with van der Waals surface area (Å²) in [6.45, 7) is 0. The van der Waals surface area contributed by atoms with Gasteiger partial charge in [0.15, 0.2) is 5.16 Å². The van der Waals surface area contributed by atoms with Crippen molar-refractivity contribution in [1.82, 2.24) is 9.55 Å². The number of amides is 1. The molecule has 1 aliphatic rings. The van der Waals surface area contributed by atoms with E-state index in [2.05, 4.69) is 5.32 Å². The highest BCUT2D eigenvalue weighted by Crippen LogP contribution is 2.32. The maximum atomic E-state index is 13.1. The number of fused-ring (bicyclic) bond motifs is 1. The molecule has 0 aliphatic heterocycles. The predicted octanol–water partition coefficient (Wildman–Crippen LogP) is 4.11.